The van der Waals surface area contributed by atoms with E-state index in [2.05, 4.69) is 127 Å². The summed E-state index contributed by atoms with van der Waals surface area (Å²) in [4.78, 5) is 14.7. The van der Waals surface area contributed by atoms with E-state index in [9.17, 15) is 0 Å². The molecule has 0 radical (unpaired) electrons. The predicted octanol–water partition coefficient (Wildman–Crippen LogP) is 13.6. The number of hydrogen-bond donors (Lipinski definition) is 0. The van der Waals surface area contributed by atoms with E-state index in [0.717, 1.165) is 66.3 Å². The molecule has 2 aromatic heterocycles. The summed E-state index contributed by atoms with van der Waals surface area (Å²) in [6.07, 6.45) is 0. The fourth-order valence-electron chi connectivity index (χ4n) is 8.09. The summed E-state index contributed by atoms with van der Waals surface area (Å²) in [5, 5.41) is 9.54. The van der Waals surface area contributed by atoms with Crippen molar-refractivity contribution in [3.63, 3.8) is 0 Å². The molecule has 11 aromatic rings. The van der Waals surface area contributed by atoms with Crippen molar-refractivity contribution in [2.75, 3.05) is 0 Å². The number of furan rings is 1. The first-order valence-electron chi connectivity index (χ1n) is 18.5. The van der Waals surface area contributed by atoms with Crippen molar-refractivity contribution in [1.82, 2.24) is 15.0 Å². The van der Waals surface area contributed by atoms with Gasteiger partial charge in [0.15, 0.2) is 17.5 Å². The number of aromatic nitrogens is 3. The third-order valence-corrected chi connectivity index (χ3v) is 10.7. The van der Waals surface area contributed by atoms with E-state index < -0.39 is 0 Å². The topological polar surface area (TPSA) is 51.8 Å². The number of rotatable bonds is 5. The van der Waals surface area contributed by atoms with Crippen LogP contribution in [0.2, 0.25) is 0 Å². The minimum Gasteiger partial charge on any atom is -0.455 e. The van der Waals surface area contributed by atoms with Crippen LogP contribution in [-0.2, 0) is 0 Å². The lowest BCUT2D eigenvalue weighted by Gasteiger charge is -2.10. The second-order valence-corrected chi connectivity index (χ2v) is 13.9. The van der Waals surface area contributed by atoms with Gasteiger partial charge in [-0.15, -0.1) is 0 Å². The average molecular weight is 702 g/mol. The van der Waals surface area contributed by atoms with Crippen LogP contribution in [0.5, 0.6) is 0 Å². The first-order chi connectivity index (χ1) is 27.3. The van der Waals surface area contributed by atoms with Gasteiger partial charge in [-0.1, -0.05) is 176 Å². The average Bonchev–Trinajstić information content (AvgIpc) is 3.66. The van der Waals surface area contributed by atoms with Gasteiger partial charge in [0.2, 0.25) is 0 Å². The zero-order valence-corrected chi connectivity index (χ0v) is 29.6. The molecule has 0 unspecified atom stereocenters. The minimum absolute atomic E-state index is 0.637. The second kappa shape index (κ2) is 12.6. The van der Waals surface area contributed by atoms with E-state index in [1.54, 1.807) is 0 Å². The van der Waals surface area contributed by atoms with E-state index in [1.165, 1.54) is 26.9 Å². The van der Waals surface area contributed by atoms with Crippen LogP contribution in [0.15, 0.2) is 192 Å². The second-order valence-electron chi connectivity index (χ2n) is 13.9. The van der Waals surface area contributed by atoms with E-state index in [4.69, 9.17) is 19.4 Å². The van der Waals surface area contributed by atoms with Gasteiger partial charge < -0.3 is 4.42 Å². The Kier molecular flexibility index (Phi) is 7.14. The Balaban J connectivity index is 1.00. The lowest BCUT2D eigenvalue weighted by atomic mass is 9.93. The molecule has 0 aliphatic rings. The van der Waals surface area contributed by atoms with Crippen molar-refractivity contribution in [3.8, 4) is 56.4 Å². The standard InChI is InChI=1S/C51H31N3O/c1-3-13-33(14-4-1)49-52-50(34-15-5-2-6-16-34)54-51(53-49)35-27-25-32(26-28-35)36-17-11-18-37(31-36)38-23-12-24-44-45-30-29-43-41-21-8-7-19-39(41)40-20-9-10-22-42(40)46(43)48(45)55-47(38)44/h1-31H. The molecule has 0 amide bonds. The normalized spacial score (nSPS) is 11.6. The summed E-state index contributed by atoms with van der Waals surface area (Å²) in [6, 6.07) is 65.6. The van der Waals surface area contributed by atoms with Crippen LogP contribution < -0.4 is 0 Å². The Morgan fingerprint density at radius 2 is 0.691 bits per heavy atom. The zero-order chi connectivity index (χ0) is 36.3. The molecular weight excluding hydrogens is 671 g/mol. The molecule has 0 bridgehead atoms. The van der Waals surface area contributed by atoms with Gasteiger partial charge in [0.25, 0.3) is 0 Å². The minimum atomic E-state index is 0.637. The summed E-state index contributed by atoms with van der Waals surface area (Å²) in [5.41, 5.74) is 9.04. The number of hydrogen-bond acceptors (Lipinski definition) is 4. The molecule has 9 aromatic carbocycles. The predicted molar refractivity (Wildman–Crippen MR) is 227 cm³/mol. The molecule has 0 spiro atoms. The Bertz CT molecular complexity index is 3150. The van der Waals surface area contributed by atoms with Crippen molar-refractivity contribution in [1.29, 1.82) is 0 Å². The van der Waals surface area contributed by atoms with E-state index in [-0.39, 0.29) is 0 Å². The maximum atomic E-state index is 6.98. The van der Waals surface area contributed by atoms with Crippen molar-refractivity contribution in [2.45, 2.75) is 0 Å². The summed E-state index contributed by atoms with van der Waals surface area (Å²) in [7, 11) is 0. The Hall–Kier alpha value is -7.43. The fraction of sp³-hybridized carbons (Fsp3) is 0. The van der Waals surface area contributed by atoms with Crippen molar-refractivity contribution in [2.24, 2.45) is 0 Å². The summed E-state index contributed by atoms with van der Waals surface area (Å²) >= 11 is 0. The van der Waals surface area contributed by atoms with Gasteiger partial charge in [0.1, 0.15) is 11.2 Å². The summed E-state index contributed by atoms with van der Waals surface area (Å²) in [5.74, 6) is 1.93. The maximum Gasteiger partial charge on any atom is 0.164 e. The van der Waals surface area contributed by atoms with Gasteiger partial charge in [-0.05, 0) is 55.8 Å². The molecule has 0 saturated carbocycles. The largest absolute Gasteiger partial charge is 0.455 e. The molecular formula is C51H31N3O. The smallest absolute Gasteiger partial charge is 0.164 e. The highest BCUT2D eigenvalue weighted by atomic mass is 16.3. The highest BCUT2D eigenvalue weighted by Crippen LogP contribution is 2.44. The van der Waals surface area contributed by atoms with Gasteiger partial charge in [-0.25, -0.2) is 15.0 Å². The number of fused-ring (bicyclic) bond motifs is 10. The number of nitrogens with zero attached hydrogens (tertiary/aromatic N) is 3. The molecule has 0 saturated heterocycles. The van der Waals surface area contributed by atoms with Crippen LogP contribution in [0.25, 0.3) is 111 Å². The highest BCUT2D eigenvalue weighted by Gasteiger charge is 2.18. The van der Waals surface area contributed by atoms with E-state index >= 15 is 0 Å². The summed E-state index contributed by atoms with van der Waals surface area (Å²) < 4.78 is 6.98. The molecule has 0 N–H and O–H groups in total. The third-order valence-electron chi connectivity index (χ3n) is 10.7. The zero-order valence-electron chi connectivity index (χ0n) is 29.6. The molecule has 4 heteroatoms. The van der Waals surface area contributed by atoms with Crippen LogP contribution in [0.3, 0.4) is 0 Å². The van der Waals surface area contributed by atoms with Gasteiger partial charge in [0, 0.05) is 38.4 Å². The van der Waals surface area contributed by atoms with Gasteiger partial charge in [-0.3, -0.25) is 0 Å². The molecule has 256 valence electrons. The number of benzene rings is 9. The molecule has 55 heavy (non-hydrogen) atoms. The highest BCUT2D eigenvalue weighted by molar-refractivity contribution is 6.32. The molecule has 11 rings (SSSR count). The molecule has 0 atom stereocenters. The first kappa shape index (κ1) is 31.1. The summed E-state index contributed by atoms with van der Waals surface area (Å²) in [6.45, 7) is 0. The van der Waals surface area contributed by atoms with Crippen LogP contribution in [0.1, 0.15) is 0 Å². The molecule has 0 aliphatic carbocycles. The Morgan fingerprint density at radius 3 is 1.33 bits per heavy atom. The Labute approximate surface area is 317 Å². The van der Waals surface area contributed by atoms with Crippen LogP contribution in [0, 0.1) is 0 Å². The van der Waals surface area contributed by atoms with Crippen LogP contribution in [-0.4, -0.2) is 15.0 Å². The van der Waals surface area contributed by atoms with Crippen molar-refractivity contribution < 1.29 is 4.42 Å². The monoisotopic (exact) mass is 701 g/mol. The number of para-hydroxylation sites is 1. The van der Waals surface area contributed by atoms with E-state index in [1.807, 2.05) is 60.7 Å². The molecule has 0 aliphatic heterocycles. The first-order valence-corrected chi connectivity index (χ1v) is 18.5. The third kappa shape index (κ3) is 5.19. The van der Waals surface area contributed by atoms with Crippen LogP contribution >= 0.6 is 0 Å². The molecule has 4 nitrogen and oxygen atoms in total. The van der Waals surface area contributed by atoms with Gasteiger partial charge >= 0.3 is 0 Å². The van der Waals surface area contributed by atoms with Gasteiger partial charge in [0.05, 0.1) is 0 Å². The molecule has 2 heterocycles. The van der Waals surface area contributed by atoms with Gasteiger partial charge in [-0.2, -0.15) is 0 Å². The maximum absolute atomic E-state index is 6.98. The quantitative estimate of drug-likeness (QED) is 0.168. The lowest BCUT2D eigenvalue weighted by molar-refractivity contribution is 0.674. The SMILES string of the molecule is c1ccc(-c2nc(-c3ccccc3)nc(-c3ccc(-c4cccc(-c5cccc6c5oc5c6ccc6c7ccccc7c7ccccc7c65)c4)cc3)n2)cc1. The van der Waals surface area contributed by atoms with Crippen molar-refractivity contribution in [3.05, 3.63) is 188 Å². The fourth-order valence-corrected chi connectivity index (χ4v) is 8.09. The molecule has 0 fully saturated rings. The van der Waals surface area contributed by atoms with Crippen LogP contribution in [0.4, 0.5) is 0 Å². The lowest BCUT2D eigenvalue weighted by Crippen LogP contribution is -2.00. The van der Waals surface area contributed by atoms with Crippen molar-refractivity contribution >= 4 is 54.3 Å². The van der Waals surface area contributed by atoms with E-state index in [0.29, 0.717) is 17.5 Å². The Morgan fingerprint density at radius 1 is 0.273 bits per heavy atom.